The van der Waals surface area contributed by atoms with Gasteiger partial charge in [0.25, 0.3) is 0 Å². The molecule has 1 atom stereocenters. The maximum absolute atomic E-state index is 5.69. The lowest BCUT2D eigenvalue weighted by atomic mass is 10.0. The second-order valence-electron chi connectivity index (χ2n) is 6.27. The van der Waals surface area contributed by atoms with E-state index in [1.165, 1.54) is 37.9 Å². The van der Waals surface area contributed by atoms with E-state index in [-0.39, 0.29) is 0 Å². The minimum atomic E-state index is 0.519. The molecule has 2 heterocycles. The predicted molar refractivity (Wildman–Crippen MR) is 79.0 cm³/mol. The topological polar surface area (TPSA) is 28.4 Å². The van der Waals surface area contributed by atoms with Gasteiger partial charge in [0.1, 0.15) is 5.76 Å². The van der Waals surface area contributed by atoms with Crippen molar-refractivity contribution >= 4 is 0 Å². The summed E-state index contributed by atoms with van der Waals surface area (Å²) in [4.78, 5) is 2.53. The van der Waals surface area contributed by atoms with Crippen LogP contribution in [0.25, 0.3) is 0 Å². The summed E-state index contributed by atoms with van der Waals surface area (Å²) in [6.07, 6.45) is 5.91. The second-order valence-corrected chi connectivity index (χ2v) is 6.27. The van der Waals surface area contributed by atoms with Crippen molar-refractivity contribution in [2.45, 2.75) is 59.2 Å². The fraction of sp³-hybridized carbons (Fsp3) is 0.750. The van der Waals surface area contributed by atoms with Gasteiger partial charge in [0.05, 0.1) is 12.8 Å². The van der Waals surface area contributed by atoms with Gasteiger partial charge in [-0.1, -0.05) is 20.8 Å². The fourth-order valence-corrected chi connectivity index (χ4v) is 2.62. The molecule has 19 heavy (non-hydrogen) atoms. The van der Waals surface area contributed by atoms with Gasteiger partial charge in [0, 0.05) is 18.2 Å². The monoisotopic (exact) mass is 264 g/mol. The molecule has 1 N–H and O–H groups in total. The third-order valence-corrected chi connectivity index (χ3v) is 3.91. The molecular formula is C16H28N2O. The lowest BCUT2D eigenvalue weighted by molar-refractivity contribution is 0.250. The minimum Gasteiger partial charge on any atom is -0.468 e. The first-order valence-electron chi connectivity index (χ1n) is 7.65. The van der Waals surface area contributed by atoms with E-state index < -0.39 is 0 Å². The summed E-state index contributed by atoms with van der Waals surface area (Å²) in [6.45, 7) is 11.0. The second kappa shape index (κ2) is 7.11. The van der Waals surface area contributed by atoms with Gasteiger partial charge in [-0.05, 0) is 44.3 Å². The number of nitrogens with one attached hydrogen (secondary N) is 1. The van der Waals surface area contributed by atoms with Gasteiger partial charge >= 0.3 is 0 Å². The number of hydrogen-bond acceptors (Lipinski definition) is 3. The van der Waals surface area contributed by atoms with Gasteiger partial charge in [-0.3, -0.25) is 4.90 Å². The number of likely N-dealkylation sites (tertiary alicyclic amines) is 1. The molecule has 3 nitrogen and oxygen atoms in total. The molecule has 2 rings (SSSR count). The Morgan fingerprint density at radius 3 is 3.00 bits per heavy atom. The van der Waals surface area contributed by atoms with E-state index in [1.54, 1.807) is 0 Å². The average molecular weight is 264 g/mol. The molecular weight excluding hydrogens is 236 g/mol. The normalized spacial score (nSPS) is 21.8. The molecule has 0 aliphatic carbocycles. The highest BCUT2D eigenvalue weighted by molar-refractivity contribution is 5.12. The molecule has 0 spiro atoms. The maximum atomic E-state index is 5.69. The third kappa shape index (κ3) is 5.00. The average Bonchev–Trinajstić information content (AvgIpc) is 2.71. The lowest BCUT2D eigenvalue weighted by Crippen LogP contribution is -2.24. The largest absolute Gasteiger partial charge is 0.468 e. The van der Waals surface area contributed by atoms with Crippen LogP contribution < -0.4 is 5.32 Å². The summed E-state index contributed by atoms with van der Waals surface area (Å²) in [5.74, 6) is 1.99. The van der Waals surface area contributed by atoms with Crippen molar-refractivity contribution in [1.82, 2.24) is 10.2 Å². The molecule has 0 saturated carbocycles. The van der Waals surface area contributed by atoms with Gasteiger partial charge in [-0.25, -0.2) is 0 Å². The van der Waals surface area contributed by atoms with Gasteiger partial charge in [0.15, 0.2) is 0 Å². The Hall–Kier alpha value is -0.800. The summed E-state index contributed by atoms with van der Waals surface area (Å²) in [7, 11) is 0. The van der Waals surface area contributed by atoms with Crippen LogP contribution in [-0.2, 0) is 13.1 Å². The van der Waals surface area contributed by atoms with E-state index >= 15 is 0 Å². The smallest absolute Gasteiger partial charge is 0.118 e. The van der Waals surface area contributed by atoms with Crippen molar-refractivity contribution in [3.05, 3.63) is 23.7 Å². The quantitative estimate of drug-likeness (QED) is 0.883. The van der Waals surface area contributed by atoms with Gasteiger partial charge in [0.2, 0.25) is 0 Å². The molecule has 0 amide bonds. The number of hydrogen-bond donors (Lipinski definition) is 1. The first-order chi connectivity index (χ1) is 9.13. The third-order valence-electron chi connectivity index (χ3n) is 3.91. The van der Waals surface area contributed by atoms with E-state index in [2.05, 4.69) is 37.1 Å². The molecule has 1 aromatic heterocycles. The molecule has 1 saturated heterocycles. The van der Waals surface area contributed by atoms with Crippen LogP contribution in [0.2, 0.25) is 0 Å². The SMILES string of the molecule is CC1CCCN(Cc2cc(CNC(C)C)co2)CC1. The summed E-state index contributed by atoms with van der Waals surface area (Å²) in [6, 6.07) is 2.72. The highest BCUT2D eigenvalue weighted by Gasteiger charge is 2.15. The predicted octanol–water partition coefficient (Wildman–Crippen LogP) is 3.40. The van der Waals surface area contributed by atoms with Crippen molar-refractivity contribution in [1.29, 1.82) is 0 Å². The summed E-state index contributed by atoms with van der Waals surface area (Å²) < 4.78 is 5.69. The molecule has 1 aromatic rings. The zero-order chi connectivity index (χ0) is 13.7. The van der Waals surface area contributed by atoms with Crippen LogP contribution in [0.15, 0.2) is 16.7 Å². The van der Waals surface area contributed by atoms with Gasteiger partial charge < -0.3 is 9.73 Å². The van der Waals surface area contributed by atoms with Gasteiger partial charge in [-0.2, -0.15) is 0 Å². The Bertz CT molecular complexity index is 373. The molecule has 0 aromatic carbocycles. The highest BCUT2D eigenvalue weighted by atomic mass is 16.3. The van der Waals surface area contributed by atoms with Crippen LogP contribution in [0, 0.1) is 5.92 Å². The molecule has 0 bridgehead atoms. The van der Waals surface area contributed by atoms with Crippen molar-refractivity contribution in [3.63, 3.8) is 0 Å². The van der Waals surface area contributed by atoms with Crippen LogP contribution in [0.5, 0.6) is 0 Å². The molecule has 1 unspecified atom stereocenters. The van der Waals surface area contributed by atoms with E-state index in [1.807, 2.05) is 6.26 Å². The fourth-order valence-electron chi connectivity index (χ4n) is 2.62. The molecule has 1 fully saturated rings. The summed E-state index contributed by atoms with van der Waals surface area (Å²) in [5, 5.41) is 3.42. The van der Waals surface area contributed by atoms with Crippen molar-refractivity contribution in [3.8, 4) is 0 Å². The van der Waals surface area contributed by atoms with E-state index in [4.69, 9.17) is 4.42 Å². The maximum Gasteiger partial charge on any atom is 0.118 e. The molecule has 108 valence electrons. The first-order valence-corrected chi connectivity index (χ1v) is 7.65. The Kier molecular flexibility index (Phi) is 5.46. The lowest BCUT2D eigenvalue weighted by Gasteiger charge is -2.18. The van der Waals surface area contributed by atoms with E-state index in [9.17, 15) is 0 Å². The zero-order valence-corrected chi connectivity index (χ0v) is 12.6. The molecule has 1 aliphatic rings. The summed E-state index contributed by atoms with van der Waals surface area (Å²) >= 11 is 0. The van der Waals surface area contributed by atoms with Crippen molar-refractivity contribution < 1.29 is 4.42 Å². The Morgan fingerprint density at radius 1 is 1.37 bits per heavy atom. The Balaban J connectivity index is 1.82. The number of furan rings is 1. The minimum absolute atomic E-state index is 0.519. The Labute approximate surface area is 117 Å². The van der Waals surface area contributed by atoms with Crippen LogP contribution in [0.3, 0.4) is 0 Å². The zero-order valence-electron chi connectivity index (χ0n) is 12.6. The molecule has 1 aliphatic heterocycles. The standard InChI is InChI=1S/C16H28N2O/c1-13(2)17-10-15-9-16(19-12-15)11-18-7-4-5-14(3)6-8-18/h9,12-14,17H,4-8,10-11H2,1-3H3. The van der Waals surface area contributed by atoms with Crippen molar-refractivity contribution in [2.75, 3.05) is 13.1 Å². The van der Waals surface area contributed by atoms with Crippen molar-refractivity contribution in [2.24, 2.45) is 5.92 Å². The highest BCUT2D eigenvalue weighted by Crippen LogP contribution is 2.19. The van der Waals surface area contributed by atoms with Crippen LogP contribution >= 0.6 is 0 Å². The summed E-state index contributed by atoms with van der Waals surface area (Å²) in [5.41, 5.74) is 1.26. The Morgan fingerprint density at radius 2 is 2.21 bits per heavy atom. The van der Waals surface area contributed by atoms with Gasteiger partial charge in [-0.15, -0.1) is 0 Å². The first kappa shape index (κ1) is 14.6. The van der Waals surface area contributed by atoms with E-state index in [0.29, 0.717) is 6.04 Å². The molecule has 0 radical (unpaired) electrons. The molecule has 3 heteroatoms. The van der Waals surface area contributed by atoms with Crippen LogP contribution in [0.1, 0.15) is 51.4 Å². The van der Waals surface area contributed by atoms with Crippen LogP contribution in [-0.4, -0.2) is 24.0 Å². The number of rotatable bonds is 5. The van der Waals surface area contributed by atoms with E-state index in [0.717, 1.165) is 24.8 Å². The number of nitrogens with zero attached hydrogens (tertiary/aromatic N) is 1. The van der Waals surface area contributed by atoms with Crippen LogP contribution in [0.4, 0.5) is 0 Å².